The van der Waals surface area contributed by atoms with Crippen molar-refractivity contribution in [2.45, 2.75) is 50.8 Å². The van der Waals surface area contributed by atoms with Crippen LogP contribution in [0, 0.1) is 5.82 Å². The van der Waals surface area contributed by atoms with Crippen LogP contribution in [-0.2, 0) is 45.4 Å². The molecular formula is C48H44FNO5. The number of benzene rings is 6. The highest BCUT2D eigenvalue weighted by molar-refractivity contribution is 5.85. The third kappa shape index (κ3) is 10.4. The third-order valence-electron chi connectivity index (χ3n) is 9.44. The fourth-order valence-corrected chi connectivity index (χ4v) is 6.61. The summed E-state index contributed by atoms with van der Waals surface area (Å²) >= 11 is 0. The van der Waals surface area contributed by atoms with Crippen LogP contribution in [0.1, 0.15) is 33.9 Å². The zero-order valence-corrected chi connectivity index (χ0v) is 30.5. The number of aliphatic hydroxyl groups is 1. The van der Waals surface area contributed by atoms with Gasteiger partial charge in [-0.05, 0) is 64.2 Å². The van der Waals surface area contributed by atoms with Gasteiger partial charge in [0.2, 0.25) is 0 Å². The second-order valence-electron chi connectivity index (χ2n) is 13.4. The maximum atomic E-state index is 14.1. The first-order chi connectivity index (χ1) is 27.1. The summed E-state index contributed by atoms with van der Waals surface area (Å²) in [5.74, 6) is -0.329. The van der Waals surface area contributed by atoms with E-state index in [4.69, 9.17) is 23.9 Å². The second-order valence-corrected chi connectivity index (χ2v) is 13.4. The largest absolute Gasteiger partial charge is 0.388 e. The van der Waals surface area contributed by atoms with Gasteiger partial charge in [-0.2, -0.15) is 0 Å². The minimum absolute atomic E-state index is 0.0110. The summed E-state index contributed by atoms with van der Waals surface area (Å²) in [4.78, 5) is 5.00. The predicted octanol–water partition coefficient (Wildman–Crippen LogP) is 10.0. The van der Waals surface area contributed by atoms with Crippen molar-refractivity contribution in [2.75, 3.05) is 6.61 Å². The Morgan fingerprint density at radius 3 is 1.55 bits per heavy atom. The van der Waals surface area contributed by atoms with Crippen LogP contribution < -0.4 is 0 Å². The molecule has 0 saturated carbocycles. The standard InChI is InChI=1S/C48H44FNO5/c49-40-27-25-39(26-28-40)44-29-42(41-23-13-14-24-43(41)50-44)46(53-31-36-17-7-2-8-18-36)48(55-33-38-21-11-4-12-22-38)47(54-32-37-19-9-3-10-20-37)45(51)34-52-30-35-15-5-1-6-16-35/h1-29,45-48,51H,30-34H2/t45-,46-,47-,48-/m1/s1. The van der Waals surface area contributed by atoms with E-state index in [1.54, 1.807) is 12.1 Å². The number of ether oxygens (including phenoxy) is 4. The van der Waals surface area contributed by atoms with E-state index in [-0.39, 0.29) is 32.2 Å². The van der Waals surface area contributed by atoms with Crippen molar-refractivity contribution >= 4 is 10.9 Å². The van der Waals surface area contributed by atoms with E-state index in [1.165, 1.54) is 12.1 Å². The van der Waals surface area contributed by atoms with Gasteiger partial charge in [-0.1, -0.05) is 140 Å². The summed E-state index contributed by atoms with van der Waals surface area (Å²) in [6.07, 6.45) is -3.65. The topological polar surface area (TPSA) is 70.0 Å². The van der Waals surface area contributed by atoms with Crippen LogP contribution >= 0.6 is 0 Å². The van der Waals surface area contributed by atoms with Gasteiger partial charge in [0, 0.05) is 10.9 Å². The number of aliphatic hydroxyl groups excluding tert-OH is 1. The van der Waals surface area contributed by atoms with E-state index in [2.05, 4.69) is 0 Å². The molecule has 0 spiro atoms. The van der Waals surface area contributed by atoms with Crippen LogP contribution in [0.5, 0.6) is 0 Å². The molecule has 1 aromatic heterocycles. The number of aromatic nitrogens is 1. The van der Waals surface area contributed by atoms with Crippen LogP contribution in [0.25, 0.3) is 22.2 Å². The van der Waals surface area contributed by atoms with Crippen LogP contribution in [0.3, 0.4) is 0 Å². The van der Waals surface area contributed by atoms with Crippen molar-refractivity contribution in [2.24, 2.45) is 0 Å². The lowest BCUT2D eigenvalue weighted by Gasteiger charge is -2.37. The Hall–Kier alpha value is -5.54. The average Bonchev–Trinajstić information content (AvgIpc) is 3.24. The van der Waals surface area contributed by atoms with Gasteiger partial charge >= 0.3 is 0 Å². The lowest BCUT2D eigenvalue weighted by molar-refractivity contribution is -0.189. The number of fused-ring (bicyclic) bond motifs is 1. The molecule has 1 N–H and O–H groups in total. The van der Waals surface area contributed by atoms with Gasteiger partial charge in [-0.15, -0.1) is 0 Å². The third-order valence-corrected chi connectivity index (χ3v) is 9.44. The fourth-order valence-electron chi connectivity index (χ4n) is 6.61. The Kier molecular flexibility index (Phi) is 13.2. The van der Waals surface area contributed by atoms with Crippen molar-refractivity contribution in [3.05, 3.63) is 210 Å². The second kappa shape index (κ2) is 19.2. The van der Waals surface area contributed by atoms with E-state index in [0.29, 0.717) is 12.3 Å². The maximum absolute atomic E-state index is 14.1. The summed E-state index contributed by atoms with van der Waals surface area (Å²) in [6, 6.07) is 55.7. The van der Waals surface area contributed by atoms with Crippen molar-refractivity contribution in [3.63, 3.8) is 0 Å². The first kappa shape index (κ1) is 37.8. The Labute approximate surface area is 321 Å². The molecule has 7 aromatic rings. The van der Waals surface area contributed by atoms with E-state index < -0.39 is 24.4 Å². The van der Waals surface area contributed by atoms with Crippen molar-refractivity contribution in [1.29, 1.82) is 0 Å². The van der Waals surface area contributed by atoms with Gasteiger partial charge in [0.1, 0.15) is 30.2 Å². The molecule has 0 aliphatic carbocycles. The Morgan fingerprint density at radius 2 is 0.982 bits per heavy atom. The number of halogens is 1. The monoisotopic (exact) mass is 733 g/mol. The summed E-state index contributed by atoms with van der Waals surface area (Å²) in [7, 11) is 0. The zero-order chi connectivity index (χ0) is 37.7. The first-order valence-electron chi connectivity index (χ1n) is 18.5. The minimum Gasteiger partial charge on any atom is -0.388 e. The molecule has 4 atom stereocenters. The molecule has 0 amide bonds. The van der Waals surface area contributed by atoms with Gasteiger partial charge in [-0.3, -0.25) is 0 Å². The smallest absolute Gasteiger partial charge is 0.123 e. The Balaban J connectivity index is 1.34. The van der Waals surface area contributed by atoms with Gasteiger partial charge < -0.3 is 24.1 Å². The highest BCUT2D eigenvalue weighted by atomic mass is 19.1. The maximum Gasteiger partial charge on any atom is 0.123 e. The quantitative estimate of drug-likeness (QED) is 0.0947. The summed E-state index contributed by atoms with van der Waals surface area (Å²) < 4.78 is 40.9. The molecule has 0 saturated heterocycles. The highest BCUT2D eigenvalue weighted by Gasteiger charge is 2.39. The van der Waals surface area contributed by atoms with Crippen molar-refractivity contribution in [3.8, 4) is 11.3 Å². The highest BCUT2D eigenvalue weighted by Crippen LogP contribution is 2.37. The normalized spacial score (nSPS) is 13.6. The molecule has 1 heterocycles. The molecule has 0 fully saturated rings. The molecule has 7 heteroatoms. The molecule has 0 aliphatic rings. The van der Waals surface area contributed by atoms with E-state index in [0.717, 1.165) is 44.3 Å². The molecule has 0 bridgehead atoms. The van der Waals surface area contributed by atoms with Gasteiger partial charge in [-0.25, -0.2) is 9.37 Å². The van der Waals surface area contributed by atoms with E-state index in [9.17, 15) is 9.50 Å². The fraction of sp³-hybridized carbons (Fsp3) is 0.188. The number of pyridine rings is 1. The summed E-state index contributed by atoms with van der Waals surface area (Å²) in [5, 5.41) is 13.0. The lowest BCUT2D eigenvalue weighted by atomic mass is 9.92. The van der Waals surface area contributed by atoms with Crippen LogP contribution in [0.2, 0.25) is 0 Å². The van der Waals surface area contributed by atoms with Crippen molar-refractivity contribution in [1.82, 2.24) is 4.98 Å². The SMILES string of the molecule is O[C@H](COCc1ccccc1)[C@@H](OCc1ccccc1)[C@H](OCc1ccccc1)[C@H](OCc1ccccc1)c1cc(-c2ccc(F)cc2)nc2ccccc12. The Morgan fingerprint density at radius 1 is 0.509 bits per heavy atom. The molecule has 0 aliphatic heterocycles. The molecule has 278 valence electrons. The molecule has 55 heavy (non-hydrogen) atoms. The van der Waals surface area contributed by atoms with Crippen LogP contribution in [0.15, 0.2) is 176 Å². The number of hydrogen-bond donors (Lipinski definition) is 1. The molecule has 0 unspecified atom stereocenters. The van der Waals surface area contributed by atoms with Gasteiger partial charge in [0.15, 0.2) is 0 Å². The van der Waals surface area contributed by atoms with Gasteiger partial charge in [0.25, 0.3) is 0 Å². The first-order valence-corrected chi connectivity index (χ1v) is 18.5. The molecule has 0 radical (unpaired) electrons. The molecule has 6 nitrogen and oxygen atoms in total. The molecular weight excluding hydrogens is 690 g/mol. The minimum atomic E-state index is -1.11. The number of para-hydroxylation sites is 1. The van der Waals surface area contributed by atoms with Crippen molar-refractivity contribution < 1.29 is 28.4 Å². The Bertz CT molecular complexity index is 2190. The number of rotatable bonds is 18. The summed E-state index contributed by atoms with van der Waals surface area (Å²) in [5.41, 5.74) is 6.81. The van der Waals surface area contributed by atoms with Crippen LogP contribution in [-0.4, -0.2) is 35.0 Å². The molecule has 6 aromatic carbocycles. The van der Waals surface area contributed by atoms with E-state index >= 15 is 0 Å². The average molecular weight is 734 g/mol. The zero-order valence-electron chi connectivity index (χ0n) is 30.5. The number of nitrogens with zero attached hydrogens (tertiary/aromatic N) is 1. The molecule has 7 rings (SSSR count). The predicted molar refractivity (Wildman–Crippen MR) is 213 cm³/mol. The summed E-state index contributed by atoms with van der Waals surface area (Å²) in [6.45, 7) is 1.01. The lowest BCUT2D eigenvalue weighted by Crippen LogP contribution is -2.47. The van der Waals surface area contributed by atoms with Crippen LogP contribution in [0.4, 0.5) is 4.39 Å². The van der Waals surface area contributed by atoms with E-state index in [1.807, 2.05) is 152 Å². The van der Waals surface area contributed by atoms with Gasteiger partial charge in [0.05, 0.1) is 44.2 Å². The number of hydrogen-bond acceptors (Lipinski definition) is 6.